The van der Waals surface area contributed by atoms with Gasteiger partial charge in [0.2, 0.25) is 0 Å². The third-order valence-corrected chi connectivity index (χ3v) is 3.57. The molecule has 2 unspecified atom stereocenters. The van der Waals surface area contributed by atoms with Crippen LogP contribution in [0.3, 0.4) is 0 Å². The summed E-state index contributed by atoms with van der Waals surface area (Å²) in [7, 11) is 0. The van der Waals surface area contributed by atoms with Gasteiger partial charge in [-0.1, -0.05) is 24.3 Å². The molecule has 2 rings (SSSR count). The van der Waals surface area contributed by atoms with E-state index in [1.165, 1.54) is 18.4 Å². The summed E-state index contributed by atoms with van der Waals surface area (Å²) in [5, 5.41) is 12.6. The number of ether oxygens (including phenoxy) is 1. The minimum Gasteiger partial charge on any atom is -0.392 e. The number of benzene rings is 1. The number of hydrogen-bond acceptors (Lipinski definition) is 3. The lowest BCUT2D eigenvalue weighted by atomic mass is 10.1. The highest BCUT2D eigenvalue weighted by atomic mass is 16.5. The molecule has 0 amide bonds. The minimum atomic E-state index is 0.108. The van der Waals surface area contributed by atoms with Crippen LogP contribution in [0.15, 0.2) is 24.3 Å². The van der Waals surface area contributed by atoms with Gasteiger partial charge < -0.3 is 15.2 Å². The van der Waals surface area contributed by atoms with Crippen LogP contribution >= 0.6 is 0 Å². The Morgan fingerprint density at radius 1 is 1.50 bits per heavy atom. The highest BCUT2D eigenvalue weighted by Crippen LogP contribution is 2.17. The molecule has 1 aromatic carbocycles. The Morgan fingerprint density at radius 2 is 2.39 bits per heavy atom. The van der Waals surface area contributed by atoms with Gasteiger partial charge in [0.05, 0.1) is 12.7 Å². The molecule has 1 aromatic rings. The summed E-state index contributed by atoms with van der Waals surface area (Å²) < 4.78 is 5.60. The Labute approximate surface area is 109 Å². The zero-order chi connectivity index (χ0) is 12.8. The fourth-order valence-corrected chi connectivity index (χ4v) is 2.41. The van der Waals surface area contributed by atoms with E-state index in [1.807, 2.05) is 12.1 Å². The first kappa shape index (κ1) is 13.5. The lowest BCUT2D eigenvalue weighted by Gasteiger charge is -2.16. The molecular weight excluding hydrogens is 226 g/mol. The summed E-state index contributed by atoms with van der Waals surface area (Å²) in [6, 6.07) is 8.42. The van der Waals surface area contributed by atoms with Gasteiger partial charge in [0.25, 0.3) is 0 Å². The zero-order valence-electron chi connectivity index (χ0n) is 11.1. The molecule has 100 valence electrons. The fourth-order valence-electron chi connectivity index (χ4n) is 2.41. The highest BCUT2D eigenvalue weighted by molar-refractivity contribution is 5.25. The van der Waals surface area contributed by atoms with Crippen molar-refractivity contribution in [2.24, 2.45) is 0 Å². The topological polar surface area (TPSA) is 41.5 Å². The summed E-state index contributed by atoms with van der Waals surface area (Å²) in [4.78, 5) is 0. The second kappa shape index (κ2) is 6.88. The lowest BCUT2D eigenvalue weighted by molar-refractivity contribution is 0.103. The van der Waals surface area contributed by atoms with Crippen LogP contribution in [0.5, 0.6) is 0 Å². The molecule has 1 aliphatic rings. The van der Waals surface area contributed by atoms with Crippen molar-refractivity contribution in [3.63, 3.8) is 0 Å². The van der Waals surface area contributed by atoms with Gasteiger partial charge in [-0.15, -0.1) is 0 Å². The average Bonchev–Trinajstić information content (AvgIpc) is 2.92. The minimum absolute atomic E-state index is 0.108. The van der Waals surface area contributed by atoms with E-state index in [9.17, 15) is 0 Å². The monoisotopic (exact) mass is 249 g/mol. The van der Waals surface area contributed by atoms with Crippen molar-refractivity contribution in [2.45, 2.75) is 44.9 Å². The van der Waals surface area contributed by atoms with Gasteiger partial charge >= 0.3 is 0 Å². The van der Waals surface area contributed by atoms with Crippen molar-refractivity contribution in [1.29, 1.82) is 0 Å². The Kier molecular flexibility index (Phi) is 5.17. The summed E-state index contributed by atoms with van der Waals surface area (Å²) in [5.41, 5.74) is 2.20. The average molecular weight is 249 g/mol. The maximum Gasteiger partial charge on any atom is 0.0681 e. The van der Waals surface area contributed by atoms with Crippen LogP contribution in [-0.4, -0.2) is 24.4 Å². The standard InChI is InChI=1S/C15H23NO2/c1-12(14-5-2-4-13(10-14)11-17)16-8-7-15-6-3-9-18-15/h2,4-5,10,12,15-17H,3,6-9,11H2,1H3. The third kappa shape index (κ3) is 3.80. The molecule has 1 aliphatic heterocycles. The van der Waals surface area contributed by atoms with Gasteiger partial charge in [-0.05, 0) is 43.9 Å². The molecule has 2 N–H and O–H groups in total. The zero-order valence-corrected chi connectivity index (χ0v) is 11.1. The molecule has 2 atom stereocenters. The Hall–Kier alpha value is -0.900. The molecule has 1 saturated heterocycles. The highest BCUT2D eigenvalue weighted by Gasteiger charge is 2.15. The molecular formula is C15H23NO2. The molecule has 18 heavy (non-hydrogen) atoms. The second-order valence-corrected chi connectivity index (χ2v) is 5.00. The molecule has 0 aliphatic carbocycles. The molecule has 0 aromatic heterocycles. The molecule has 1 fully saturated rings. The summed E-state index contributed by atoms with van der Waals surface area (Å²) in [6.07, 6.45) is 3.95. The molecule has 0 radical (unpaired) electrons. The van der Waals surface area contributed by atoms with Gasteiger partial charge in [-0.3, -0.25) is 0 Å². The maximum atomic E-state index is 9.13. The van der Waals surface area contributed by atoms with Crippen LogP contribution in [-0.2, 0) is 11.3 Å². The van der Waals surface area contributed by atoms with Crippen LogP contribution in [0.1, 0.15) is 43.4 Å². The number of nitrogens with one attached hydrogen (secondary N) is 1. The van der Waals surface area contributed by atoms with Crippen molar-refractivity contribution >= 4 is 0 Å². The summed E-state index contributed by atoms with van der Waals surface area (Å²) in [6.45, 7) is 4.18. The number of rotatable bonds is 6. The quantitative estimate of drug-likeness (QED) is 0.813. The number of aliphatic hydroxyl groups excluding tert-OH is 1. The van der Waals surface area contributed by atoms with Crippen molar-refractivity contribution in [1.82, 2.24) is 5.32 Å². The molecule has 0 spiro atoms. The third-order valence-electron chi connectivity index (χ3n) is 3.57. The summed E-state index contributed by atoms with van der Waals surface area (Å²) >= 11 is 0. The molecule has 3 nitrogen and oxygen atoms in total. The van der Waals surface area contributed by atoms with E-state index in [1.54, 1.807) is 0 Å². The van der Waals surface area contributed by atoms with Crippen LogP contribution in [0.2, 0.25) is 0 Å². The van der Waals surface area contributed by atoms with Crippen LogP contribution in [0, 0.1) is 0 Å². The van der Waals surface area contributed by atoms with E-state index in [0.717, 1.165) is 25.1 Å². The predicted octanol–water partition coefficient (Wildman–Crippen LogP) is 2.40. The molecule has 0 saturated carbocycles. The van der Waals surface area contributed by atoms with Crippen molar-refractivity contribution < 1.29 is 9.84 Å². The first-order chi connectivity index (χ1) is 8.79. The van der Waals surface area contributed by atoms with Crippen LogP contribution in [0.25, 0.3) is 0 Å². The van der Waals surface area contributed by atoms with E-state index in [-0.39, 0.29) is 6.61 Å². The first-order valence-electron chi connectivity index (χ1n) is 6.84. The largest absolute Gasteiger partial charge is 0.392 e. The van der Waals surface area contributed by atoms with Gasteiger partial charge in [-0.2, -0.15) is 0 Å². The number of aliphatic hydroxyl groups is 1. The van der Waals surface area contributed by atoms with Gasteiger partial charge in [0.1, 0.15) is 0 Å². The van der Waals surface area contributed by atoms with Crippen molar-refractivity contribution in [2.75, 3.05) is 13.2 Å². The van der Waals surface area contributed by atoms with Crippen LogP contribution < -0.4 is 5.32 Å². The Morgan fingerprint density at radius 3 is 3.11 bits per heavy atom. The van der Waals surface area contributed by atoms with E-state index in [4.69, 9.17) is 9.84 Å². The Balaban J connectivity index is 1.77. The smallest absolute Gasteiger partial charge is 0.0681 e. The number of hydrogen-bond donors (Lipinski definition) is 2. The first-order valence-corrected chi connectivity index (χ1v) is 6.84. The van der Waals surface area contributed by atoms with Crippen molar-refractivity contribution in [3.05, 3.63) is 35.4 Å². The second-order valence-electron chi connectivity index (χ2n) is 5.00. The van der Waals surface area contributed by atoms with E-state index >= 15 is 0 Å². The normalized spacial score (nSPS) is 21.1. The van der Waals surface area contributed by atoms with Gasteiger partial charge in [0.15, 0.2) is 0 Å². The predicted molar refractivity (Wildman–Crippen MR) is 72.4 cm³/mol. The van der Waals surface area contributed by atoms with E-state index in [2.05, 4.69) is 24.4 Å². The maximum absolute atomic E-state index is 9.13. The fraction of sp³-hybridized carbons (Fsp3) is 0.600. The molecule has 0 bridgehead atoms. The Bertz CT molecular complexity index is 361. The van der Waals surface area contributed by atoms with Crippen LogP contribution in [0.4, 0.5) is 0 Å². The SMILES string of the molecule is CC(NCCC1CCCO1)c1cccc(CO)c1. The van der Waals surface area contributed by atoms with Crippen molar-refractivity contribution in [3.8, 4) is 0 Å². The van der Waals surface area contributed by atoms with Gasteiger partial charge in [-0.25, -0.2) is 0 Å². The summed E-state index contributed by atoms with van der Waals surface area (Å²) in [5.74, 6) is 0. The van der Waals surface area contributed by atoms with E-state index in [0.29, 0.717) is 12.1 Å². The lowest BCUT2D eigenvalue weighted by Crippen LogP contribution is -2.23. The molecule has 3 heteroatoms. The molecule has 1 heterocycles. The van der Waals surface area contributed by atoms with E-state index < -0.39 is 0 Å². The van der Waals surface area contributed by atoms with Gasteiger partial charge in [0, 0.05) is 12.6 Å².